The van der Waals surface area contributed by atoms with Crippen molar-refractivity contribution in [3.05, 3.63) is 70.5 Å². The Morgan fingerprint density at radius 1 is 1.04 bits per heavy atom. The Morgan fingerprint density at radius 3 is 2.41 bits per heavy atom. The van der Waals surface area contributed by atoms with Crippen molar-refractivity contribution in [3.8, 4) is 0 Å². The molecule has 0 aromatic heterocycles. The summed E-state index contributed by atoms with van der Waals surface area (Å²) in [6.07, 6.45) is -4.63. The Balaban J connectivity index is 2.00. The van der Waals surface area contributed by atoms with Crippen molar-refractivity contribution < 1.29 is 22.3 Å². The van der Waals surface area contributed by atoms with E-state index in [2.05, 4.69) is 15.6 Å². The zero-order valence-electron chi connectivity index (χ0n) is 15.0. The van der Waals surface area contributed by atoms with Gasteiger partial charge in [-0.15, -0.1) is 0 Å². The van der Waals surface area contributed by atoms with Crippen LogP contribution < -0.4 is 10.6 Å². The Kier molecular flexibility index (Phi) is 7.18. The lowest BCUT2D eigenvalue weighted by Gasteiger charge is -2.16. The predicted octanol–water partition coefficient (Wildman–Crippen LogP) is 3.86. The Labute approximate surface area is 155 Å². The third-order valence-corrected chi connectivity index (χ3v) is 3.81. The first-order valence-corrected chi connectivity index (χ1v) is 8.20. The van der Waals surface area contributed by atoms with Crippen molar-refractivity contribution in [2.45, 2.75) is 25.9 Å². The highest BCUT2D eigenvalue weighted by atomic mass is 19.4. The molecule has 2 aromatic rings. The molecule has 2 aromatic carbocycles. The predicted molar refractivity (Wildman–Crippen MR) is 95.6 cm³/mol. The molecular formula is C19H21F4N3O. The van der Waals surface area contributed by atoms with Crippen LogP contribution in [-0.2, 0) is 30.6 Å². The normalized spacial score (nSPS) is 12.1. The van der Waals surface area contributed by atoms with Crippen LogP contribution in [-0.4, -0.2) is 20.1 Å². The number of hydrogen-bond acceptors (Lipinski definition) is 2. The molecule has 0 amide bonds. The molecule has 0 bridgehead atoms. The lowest BCUT2D eigenvalue weighted by molar-refractivity contribution is -0.138. The topological polar surface area (TPSA) is 45.7 Å². The van der Waals surface area contributed by atoms with E-state index in [1.165, 1.54) is 7.05 Å². The minimum Gasteiger partial charge on any atom is -0.380 e. The van der Waals surface area contributed by atoms with E-state index in [1.807, 2.05) is 24.3 Å². The van der Waals surface area contributed by atoms with Gasteiger partial charge in [-0.25, -0.2) is 4.39 Å². The van der Waals surface area contributed by atoms with E-state index in [9.17, 15) is 17.6 Å². The number of benzene rings is 2. The minimum absolute atomic E-state index is 0.0612. The molecule has 0 fully saturated rings. The molecule has 0 aliphatic carbocycles. The van der Waals surface area contributed by atoms with Gasteiger partial charge >= 0.3 is 6.18 Å². The molecule has 146 valence electrons. The van der Waals surface area contributed by atoms with E-state index in [1.54, 1.807) is 7.11 Å². The van der Waals surface area contributed by atoms with Gasteiger partial charge in [-0.3, -0.25) is 4.99 Å². The standard InChI is InChI=1S/C19H21F4N3O/c1-24-18(25-10-13-4-3-5-14(8-13)12-27-2)26-11-15-6-7-16(20)9-17(15)19(21,22)23/h3-9H,10-12H2,1-2H3,(H2,24,25,26). The molecule has 0 radical (unpaired) electrons. The van der Waals surface area contributed by atoms with Crippen molar-refractivity contribution in [1.82, 2.24) is 10.6 Å². The summed E-state index contributed by atoms with van der Waals surface area (Å²) in [6.45, 7) is 0.789. The highest BCUT2D eigenvalue weighted by Crippen LogP contribution is 2.32. The lowest BCUT2D eigenvalue weighted by atomic mass is 10.1. The number of rotatable bonds is 6. The molecule has 0 aliphatic heterocycles. The molecule has 27 heavy (non-hydrogen) atoms. The van der Waals surface area contributed by atoms with Gasteiger partial charge < -0.3 is 15.4 Å². The monoisotopic (exact) mass is 383 g/mol. The zero-order valence-corrected chi connectivity index (χ0v) is 15.0. The maximum absolute atomic E-state index is 13.2. The van der Waals surface area contributed by atoms with Crippen LogP contribution in [0.1, 0.15) is 22.3 Å². The first-order chi connectivity index (χ1) is 12.8. The number of halogens is 4. The average Bonchev–Trinajstić information content (AvgIpc) is 2.62. The van der Waals surface area contributed by atoms with E-state index in [4.69, 9.17) is 4.74 Å². The van der Waals surface area contributed by atoms with Crippen LogP contribution in [0.2, 0.25) is 0 Å². The van der Waals surface area contributed by atoms with Crippen LogP contribution in [0.3, 0.4) is 0 Å². The van der Waals surface area contributed by atoms with E-state index >= 15 is 0 Å². The second-order valence-electron chi connectivity index (χ2n) is 5.83. The molecule has 0 spiro atoms. The Bertz CT molecular complexity index is 791. The van der Waals surface area contributed by atoms with Crippen molar-refractivity contribution in [2.24, 2.45) is 4.99 Å². The van der Waals surface area contributed by atoms with Gasteiger partial charge in [-0.2, -0.15) is 13.2 Å². The third kappa shape index (κ3) is 6.25. The van der Waals surface area contributed by atoms with Crippen molar-refractivity contribution in [3.63, 3.8) is 0 Å². The van der Waals surface area contributed by atoms with Crippen LogP contribution in [0.15, 0.2) is 47.5 Å². The lowest BCUT2D eigenvalue weighted by Crippen LogP contribution is -2.36. The van der Waals surface area contributed by atoms with E-state index < -0.39 is 17.6 Å². The first kappa shape index (κ1) is 20.7. The minimum atomic E-state index is -4.63. The highest BCUT2D eigenvalue weighted by Gasteiger charge is 2.33. The second-order valence-corrected chi connectivity index (χ2v) is 5.83. The molecule has 8 heteroatoms. The number of nitrogens with one attached hydrogen (secondary N) is 2. The summed E-state index contributed by atoms with van der Waals surface area (Å²) in [6, 6.07) is 10.3. The molecule has 2 rings (SSSR count). The summed E-state index contributed by atoms with van der Waals surface area (Å²) in [5.41, 5.74) is 0.929. The zero-order chi connectivity index (χ0) is 19.9. The van der Waals surface area contributed by atoms with Crippen LogP contribution >= 0.6 is 0 Å². The molecular weight excluding hydrogens is 362 g/mol. The van der Waals surface area contributed by atoms with Crippen molar-refractivity contribution >= 4 is 5.96 Å². The fourth-order valence-electron chi connectivity index (χ4n) is 2.55. The summed E-state index contributed by atoms with van der Waals surface area (Å²) in [4.78, 5) is 4.00. The van der Waals surface area contributed by atoms with Gasteiger partial charge in [0.2, 0.25) is 0 Å². The van der Waals surface area contributed by atoms with Gasteiger partial charge in [0.1, 0.15) is 5.82 Å². The van der Waals surface area contributed by atoms with Gasteiger partial charge in [0.15, 0.2) is 5.96 Å². The molecule has 2 N–H and O–H groups in total. The SMILES string of the molecule is CN=C(NCc1cccc(COC)c1)NCc1ccc(F)cc1C(F)(F)F. The number of ether oxygens (including phenoxy) is 1. The van der Waals surface area contributed by atoms with Crippen LogP contribution in [0.25, 0.3) is 0 Å². The number of alkyl halides is 3. The van der Waals surface area contributed by atoms with Crippen molar-refractivity contribution in [2.75, 3.05) is 14.2 Å². The van der Waals surface area contributed by atoms with E-state index in [-0.39, 0.29) is 12.1 Å². The summed E-state index contributed by atoms with van der Waals surface area (Å²) in [5, 5.41) is 5.86. The van der Waals surface area contributed by atoms with Crippen LogP contribution in [0.5, 0.6) is 0 Å². The summed E-state index contributed by atoms with van der Waals surface area (Å²) in [7, 11) is 3.13. The number of methoxy groups -OCH3 is 1. The number of nitrogens with zero attached hydrogens (tertiary/aromatic N) is 1. The quantitative estimate of drug-likeness (QED) is 0.452. The van der Waals surface area contributed by atoms with Crippen molar-refractivity contribution in [1.29, 1.82) is 0 Å². The van der Waals surface area contributed by atoms with Gasteiger partial charge in [0.05, 0.1) is 12.2 Å². The molecule has 0 heterocycles. The average molecular weight is 383 g/mol. The maximum Gasteiger partial charge on any atom is 0.416 e. The third-order valence-electron chi connectivity index (χ3n) is 3.81. The number of hydrogen-bond donors (Lipinski definition) is 2. The van der Waals surface area contributed by atoms with E-state index in [0.717, 1.165) is 23.3 Å². The maximum atomic E-state index is 13.2. The summed E-state index contributed by atoms with van der Waals surface area (Å²) < 4.78 is 57.4. The fourth-order valence-corrected chi connectivity index (χ4v) is 2.55. The molecule has 0 aliphatic rings. The number of guanidine groups is 1. The van der Waals surface area contributed by atoms with Crippen LogP contribution in [0, 0.1) is 5.82 Å². The second kappa shape index (κ2) is 9.36. The van der Waals surface area contributed by atoms with E-state index in [0.29, 0.717) is 25.2 Å². The fraction of sp³-hybridized carbons (Fsp3) is 0.316. The summed E-state index contributed by atoms with van der Waals surface area (Å²) >= 11 is 0. The van der Waals surface area contributed by atoms with Gasteiger partial charge in [-0.1, -0.05) is 30.3 Å². The highest BCUT2D eigenvalue weighted by molar-refractivity contribution is 5.79. The summed E-state index contributed by atoms with van der Waals surface area (Å²) in [5.74, 6) is -0.589. The van der Waals surface area contributed by atoms with Crippen LogP contribution in [0.4, 0.5) is 17.6 Å². The number of aliphatic imine (C=N–C) groups is 1. The van der Waals surface area contributed by atoms with Gasteiger partial charge in [0.25, 0.3) is 0 Å². The Morgan fingerprint density at radius 2 is 1.74 bits per heavy atom. The largest absolute Gasteiger partial charge is 0.416 e. The first-order valence-electron chi connectivity index (χ1n) is 8.20. The molecule has 0 saturated heterocycles. The van der Waals surface area contributed by atoms with Gasteiger partial charge in [0, 0.05) is 27.2 Å². The smallest absolute Gasteiger partial charge is 0.380 e. The van der Waals surface area contributed by atoms with Gasteiger partial charge in [-0.05, 0) is 28.8 Å². The molecule has 4 nitrogen and oxygen atoms in total. The molecule has 0 unspecified atom stereocenters. The Hall–Kier alpha value is -2.61. The molecule has 0 saturated carbocycles. The molecule has 0 atom stereocenters.